The molecule has 0 aliphatic heterocycles. The van der Waals surface area contributed by atoms with Crippen LogP contribution in [0, 0.1) is 0 Å². The third kappa shape index (κ3) is 7.56. The van der Waals surface area contributed by atoms with Crippen molar-refractivity contribution in [1.82, 2.24) is 5.32 Å². The molecule has 0 unspecified atom stereocenters. The lowest BCUT2D eigenvalue weighted by Crippen LogP contribution is -1.89. The number of rotatable bonds is 4. The Labute approximate surface area is 278 Å². The fourth-order valence-corrected chi connectivity index (χ4v) is 5.94. The fourth-order valence-electron chi connectivity index (χ4n) is 5.94. The Morgan fingerprint density at radius 2 is 0.574 bits per heavy atom. The quantitative estimate of drug-likeness (QED) is 0.155. The van der Waals surface area contributed by atoms with Crippen molar-refractivity contribution in [3.63, 3.8) is 0 Å². The summed E-state index contributed by atoms with van der Waals surface area (Å²) in [6.07, 6.45) is 8.85. The van der Waals surface area contributed by atoms with Gasteiger partial charge in [0, 0.05) is 0 Å². The lowest BCUT2D eigenvalue weighted by atomic mass is 9.96. The van der Waals surface area contributed by atoms with Gasteiger partial charge in [0.1, 0.15) is 0 Å². The summed E-state index contributed by atoms with van der Waals surface area (Å²) in [6.45, 7) is 0. The predicted octanol–water partition coefficient (Wildman–Crippen LogP) is 12.2. The van der Waals surface area contributed by atoms with Gasteiger partial charge in [-0.15, -0.1) is 0 Å². The Kier molecular flexibility index (Phi) is 10.3. The minimum absolute atomic E-state index is 1.22. The van der Waals surface area contributed by atoms with Crippen molar-refractivity contribution in [2.45, 2.75) is 0 Å². The molecule has 0 fully saturated rings. The maximum absolute atomic E-state index is 2.75. The van der Waals surface area contributed by atoms with E-state index in [2.05, 4.69) is 187 Å². The van der Waals surface area contributed by atoms with Gasteiger partial charge in [-0.3, -0.25) is 0 Å². The van der Waals surface area contributed by atoms with Crippen molar-refractivity contribution in [1.29, 1.82) is 0 Å². The van der Waals surface area contributed by atoms with Crippen LogP contribution in [0.15, 0.2) is 170 Å². The van der Waals surface area contributed by atoms with E-state index < -0.39 is 0 Å². The summed E-state index contributed by atoms with van der Waals surface area (Å²) in [5.41, 5.74) is 5.02. The molecule has 0 spiro atoms. The summed E-state index contributed by atoms with van der Waals surface area (Å²) in [4.78, 5) is 0. The third-order valence-electron chi connectivity index (χ3n) is 8.11. The van der Waals surface area contributed by atoms with Crippen LogP contribution in [0.25, 0.3) is 67.4 Å². The van der Waals surface area contributed by atoms with Crippen LogP contribution in [-0.4, -0.2) is 14.1 Å². The van der Waals surface area contributed by atoms with Gasteiger partial charge in [-0.2, -0.15) is 0 Å². The second-order valence-corrected chi connectivity index (χ2v) is 11.5. The van der Waals surface area contributed by atoms with Crippen LogP contribution in [0.4, 0.5) is 0 Å². The highest BCUT2D eigenvalue weighted by Crippen LogP contribution is 2.31. The standard InChI is InChI=1S/2C22H16.C2H7N/c2*1-2-8-17(9-3-1)14-15-22-20-12-6-4-10-18(20)16-19-11-5-7-13-21(19)22;1-3-2/h2*1-16H;3H,1-2H3. The van der Waals surface area contributed by atoms with Crippen LogP contribution in [-0.2, 0) is 0 Å². The van der Waals surface area contributed by atoms with E-state index in [0.29, 0.717) is 0 Å². The highest BCUT2D eigenvalue weighted by molar-refractivity contribution is 6.09. The molecule has 0 bridgehead atoms. The van der Waals surface area contributed by atoms with E-state index in [1.165, 1.54) is 65.3 Å². The zero-order chi connectivity index (χ0) is 32.3. The van der Waals surface area contributed by atoms with E-state index in [-0.39, 0.29) is 0 Å². The van der Waals surface area contributed by atoms with Gasteiger partial charge in [-0.25, -0.2) is 0 Å². The zero-order valence-electron chi connectivity index (χ0n) is 27.0. The van der Waals surface area contributed by atoms with Crippen molar-refractivity contribution in [2.75, 3.05) is 14.1 Å². The molecule has 8 aromatic carbocycles. The normalized spacial score (nSPS) is 11.1. The minimum Gasteiger partial charge on any atom is -0.323 e. The maximum atomic E-state index is 2.75. The van der Waals surface area contributed by atoms with Gasteiger partial charge >= 0.3 is 0 Å². The summed E-state index contributed by atoms with van der Waals surface area (Å²) in [5, 5.41) is 13.1. The molecule has 0 heterocycles. The first-order valence-corrected chi connectivity index (χ1v) is 16.1. The van der Waals surface area contributed by atoms with Gasteiger partial charge in [0.15, 0.2) is 0 Å². The average Bonchev–Trinajstić information content (AvgIpc) is 3.13. The molecular weight excluding hydrogens is 567 g/mol. The second kappa shape index (κ2) is 15.5. The molecule has 8 rings (SSSR count). The number of fused-ring (bicyclic) bond motifs is 4. The second-order valence-electron chi connectivity index (χ2n) is 11.5. The number of hydrogen-bond acceptors (Lipinski definition) is 1. The van der Waals surface area contributed by atoms with E-state index in [0.717, 1.165) is 0 Å². The lowest BCUT2D eigenvalue weighted by molar-refractivity contribution is 1.02. The van der Waals surface area contributed by atoms with Gasteiger partial charge in [-0.1, -0.05) is 182 Å². The number of hydrogen-bond donors (Lipinski definition) is 1. The summed E-state index contributed by atoms with van der Waals surface area (Å²) in [6, 6.07) is 59.8. The van der Waals surface area contributed by atoms with Crippen LogP contribution >= 0.6 is 0 Å². The van der Waals surface area contributed by atoms with Crippen molar-refractivity contribution in [3.8, 4) is 0 Å². The highest BCUT2D eigenvalue weighted by Gasteiger charge is 2.05. The van der Waals surface area contributed by atoms with Gasteiger partial charge in [-0.05, 0) is 91.6 Å². The Morgan fingerprint density at radius 1 is 0.319 bits per heavy atom. The maximum Gasteiger partial charge on any atom is -0.00992 e. The molecule has 0 aliphatic rings. The molecule has 0 amide bonds. The summed E-state index contributed by atoms with van der Waals surface area (Å²) in [5.74, 6) is 0. The SMILES string of the molecule is C(=Cc1c2ccccc2cc2ccccc12)c1ccccc1.C(=Cc1c2ccccc2cc2ccccc12)c1ccccc1.CNC. The fraction of sp³-hybridized carbons (Fsp3) is 0.0435. The van der Waals surface area contributed by atoms with Gasteiger partial charge < -0.3 is 5.32 Å². The van der Waals surface area contributed by atoms with Gasteiger partial charge in [0.2, 0.25) is 0 Å². The highest BCUT2D eigenvalue weighted by atomic mass is 14.7. The van der Waals surface area contributed by atoms with Gasteiger partial charge in [0.05, 0.1) is 0 Å². The molecule has 1 heteroatoms. The van der Waals surface area contributed by atoms with Crippen LogP contribution < -0.4 is 5.32 Å². The Bertz CT molecular complexity index is 2010. The number of nitrogens with one attached hydrogen (secondary N) is 1. The van der Waals surface area contributed by atoms with Crippen LogP contribution in [0.1, 0.15) is 22.3 Å². The van der Waals surface area contributed by atoms with Crippen LogP contribution in [0.3, 0.4) is 0 Å². The Balaban J connectivity index is 0.000000152. The lowest BCUT2D eigenvalue weighted by Gasteiger charge is -2.08. The zero-order valence-corrected chi connectivity index (χ0v) is 27.0. The Morgan fingerprint density at radius 3 is 0.872 bits per heavy atom. The predicted molar refractivity (Wildman–Crippen MR) is 209 cm³/mol. The summed E-state index contributed by atoms with van der Waals surface area (Å²) >= 11 is 0. The van der Waals surface area contributed by atoms with Gasteiger partial charge in [0.25, 0.3) is 0 Å². The molecule has 0 saturated heterocycles. The third-order valence-corrected chi connectivity index (χ3v) is 8.11. The molecule has 0 aromatic heterocycles. The molecule has 8 aromatic rings. The first kappa shape index (κ1) is 31.2. The smallest absolute Gasteiger partial charge is 0.00992 e. The first-order chi connectivity index (χ1) is 23.2. The molecule has 0 atom stereocenters. The topological polar surface area (TPSA) is 12.0 Å². The van der Waals surface area contributed by atoms with Crippen molar-refractivity contribution >= 4 is 67.4 Å². The minimum atomic E-state index is 1.22. The molecule has 228 valence electrons. The number of benzene rings is 8. The van der Waals surface area contributed by atoms with E-state index in [1.54, 1.807) is 0 Å². The van der Waals surface area contributed by atoms with Crippen molar-refractivity contribution < 1.29 is 0 Å². The van der Waals surface area contributed by atoms with E-state index in [1.807, 2.05) is 26.2 Å². The largest absolute Gasteiger partial charge is 0.323 e. The molecule has 0 aliphatic carbocycles. The van der Waals surface area contributed by atoms with Crippen LogP contribution in [0.2, 0.25) is 0 Å². The monoisotopic (exact) mass is 605 g/mol. The van der Waals surface area contributed by atoms with Crippen LogP contribution in [0.5, 0.6) is 0 Å². The van der Waals surface area contributed by atoms with E-state index in [4.69, 9.17) is 0 Å². The molecule has 47 heavy (non-hydrogen) atoms. The first-order valence-electron chi connectivity index (χ1n) is 16.1. The molecule has 1 nitrogen and oxygen atoms in total. The molecule has 0 saturated carbocycles. The summed E-state index contributed by atoms with van der Waals surface area (Å²) < 4.78 is 0. The van der Waals surface area contributed by atoms with E-state index >= 15 is 0 Å². The molecular formula is C46H39N. The van der Waals surface area contributed by atoms with Crippen molar-refractivity contribution in [3.05, 3.63) is 192 Å². The van der Waals surface area contributed by atoms with Crippen molar-refractivity contribution in [2.24, 2.45) is 0 Å². The summed E-state index contributed by atoms with van der Waals surface area (Å²) in [7, 11) is 3.75. The molecule has 1 N–H and O–H groups in total. The Hall–Kier alpha value is -5.76. The average molecular weight is 606 g/mol. The molecule has 0 radical (unpaired) electrons. The van der Waals surface area contributed by atoms with E-state index in [9.17, 15) is 0 Å².